The van der Waals surface area contributed by atoms with Gasteiger partial charge in [0.1, 0.15) is 6.23 Å². The first-order valence-electron chi connectivity index (χ1n) is 6.05. The topological polar surface area (TPSA) is 116 Å². The molecule has 108 valence electrons. The van der Waals surface area contributed by atoms with E-state index in [0.29, 0.717) is 12.0 Å². The average molecular weight is 272 g/mol. The van der Waals surface area contributed by atoms with E-state index in [0.717, 1.165) is 4.57 Å². The Bertz CT molecular complexity index is 536. The highest BCUT2D eigenvalue weighted by Gasteiger charge is 2.27. The fraction of sp³-hybridized carbons (Fsp3) is 0.667. The van der Waals surface area contributed by atoms with Crippen LogP contribution in [0.1, 0.15) is 31.6 Å². The predicted molar refractivity (Wildman–Crippen MR) is 68.8 cm³/mol. The molecule has 0 amide bonds. The summed E-state index contributed by atoms with van der Waals surface area (Å²) >= 11 is 0. The van der Waals surface area contributed by atoms with Gasteiger partial charge in [-0.25, -0.2) is 4.79 Å². The summed E-state index contributed by atoms with van der Waals surface area (Å²) in [7, 11) is 0. The summed E-state index contributed by atoms with van der Waals surface area (Å²) in [6.07, 6.45) is 0.502. The Hall–Kier alpha value is -1.44. The van der Waals surface area contributed by atoms with Crippen molar-refractivity contribution in [2.24, 2.45) is 5.41 Å². The van der Waals surface area contributed by atoms with Gasteiger partial charge in [-0.1, -0.05) is 6.92 Å². The highest BCUT2D eigenvalue weighted by atomic mass is 16.3. The van der Waals surface area contributed by atoms with Crippen LogP contribution < -0.4 is 11.2 Å². The molecule has 0 aromatic carbocycles. The molecule has 1 aromatic rings. The number of aliphatic hydroxyl groups excluding tert-OH is 3. The number of H-pyrrole nitrogens is 1. The van der Waals surface area contributed by atoms with Gasteiger partial charge < -0.3 is 15.3 Å². The number of hydrogen-bond donors (Lipinski definition) is 4. The Balaban J connectivity index is 3.01. The van der Waals surface area contributed by atoms with E-state index < -0.39 is 22.9 Å². The van der Waals surface area contributed by atoms with Gasteiger partial charge in [-0.3, -0.25) is 14.3 Å². The largest absolute Gasteiger partial charge is 0.396 e. The molecule has 0 unspecified atom stereocenters. The number of aromatic amines is 1. The Morgan fingerprint density at radius 1 is 1.42 bits per heavy atom. The fourth-order valence-corrected chi connectivity index (χ4v) is 1.86. The minimum Gasteiger partial charge on any atom is -0.396 e. The van der Waals surface area contributed by atoms with Crippen molar-refractivity contribution in [2.45, 2.75) is 32.9 Å². The van der Waals surface area contributed by atoms with Gasteiger partial charge >= 0.3 is 5.69 Å². The zero-order valence-electron chi connectivity index (χ0n) is 11.1. The van der Waals surface area contributed by atoms with Crippen molar-refractivity contribution in [3.05, 3.63) is 32.6 Å². The van der Waals surface area contributed by atoms with Crippen LogP contribution in [0.15, 0.2) is 15.8 Å². The van der Waals surface area contributed by atoms with E-state index in [1.165, 1.54) is 13.1 Å². The second-order valence-electron chi connectivity index (χ2n) is 5.11. The van der Waals surface area contributed by atoms with Crippen LogP contribution in [-0.2, 0) is 0 Å². The normalized spacial score (nSPS) is 16.1. The molecule has 0 aliphatic rings. The van der Waals surface area contributed by atoms with Gasteiger partial charge in [-0.15, -0.1) is 0 Å². The summed E-state index contributed by atoms with van der Waals surface area (Å²) < 4.78 is 1.02. The van der Waals surface area contributed by atoms with Crippen molar-refractivity contribution in [1.82, 2.24) is 9.55 Å². The van der Waals surface area contributed by atoms with E-state index in [1.807, 2.05) is 0 Å². The zero-order chi connectivity index (χ0) is 14.6. The molecule has 0 bridgehead atoms. The number of aliphatic hydroxyl groups is 3. The minimum absolute atomic E-state index is 0.0927. The monoisotopic (exact) mass is 272 g/mol. The third kappa shape index (κ3) is 3.76. The number of nitrogens with one attached hydrogen (secondary N) is 1. The number of nitrogens with zero attached hydrogens (tertiary/aromatic N) is 1. The summed E-state index contributed by atoms with van der Waals surface area (Å²) in [5.41, 5.74) is -1.58. The average Bonchev–Trinajstić information content (AvgIpc) is 2.33. The summed E-state index contributed by atoms with van der Waals surface area (Å²) in [5, 5.41) is 28.3. The second-order valence-corrected chi connectivity index (χ2v) is 5.11. The summed E-state index contributed by atoms with van der Waals surface area (Å²) in [6, 6.07) is 0. The lowest BCUT2D eigenvalue weighted by molar-refractivity contribution is 0.00661. The van der Waals surface area contributed by atoms with Crippen LogP contribution in [0.2, 0.25) is 0 Å². The van der Waals surface area contributed by atoms with Crippen molar-refractivity contribution in [3.8, 4) is 0 Å². The first-order valence-corrected chi connectivity index (χ1v) is 6.05. The van der Waals surface area contributed by atoms with Crippen LogP contribution in [0.25, 0.3) is 0 Å². The SMILES string of the molecule is Cc1cn([C@H](O)C[C@](C)(CO)CCO)c(=O)[nH]c1=O. The van der Waals surface area contributed by atoms with Crippen molar-refractivity contribution >= 4 is 0 Å². The molecule has 4 N–H and O–H groups in total. The van der Waals surface area contributed by atoms with Gasteiger partial charge in [-0.05, 0) is 18.8 Å². The molecule has 1 rings (SSSR count). The van der Waals surface area contributed by atoms with Crippen LogP contribution in [0.5, 0.6) is 0 Å². The quantitative estimate of drug-likeness (QED) is 0.536. The molecule has 0 aliphatic heterocycles. The van der Waals surface area contributed by atoms with E-state index in [9.17, 15) is 19.8 Å². The van der Waals surface area contributed by atoms with Gasteiger partial charge in [0.05, 0.1) is 0 Å². The highest BCUT2D eigenvalue weighted by molar-refractivity contribution is 5.01. The number of rotatable bonds is 6. The molecule has 0 fully saturated rings. The van der Waals surface area contributed by atoms with E-state index in [4.69, 9.17) is 5.11 Å². The van der Waals surface area contributed by atoms with Crippen molar-refractivity contribution in [1.29, 1.82) is 0 Å². The van der Waals surface area contributed by atoms with Crippen LogP contribution >= 0.6 is 0 Å². The maximum atomic E-state index is 11.6. The molecule has 0 spiro atoms. The van der Waals surface area contributed by atoms with Gasteiger partial charge in [-0.2, -0.15) is 0 Å². The summed E-state index contributed by atoms with van der Waals surface area (Å²) in [4.78, 5) is 24.9. The number of hydrogen-bond acceptors (Lipinski definition) is 5. The molecule has 0 radical (unpaired) electrons. The van der Waals surface area contributed by atoms with Gasteiger partial charge in [0.2, 0.25) is 0 Å². The second kappa shape index (κ2) is 6.14. The standard InChI is InChI=1S/C12H20N2O5/c1-8-6-14(11(19)13-10(8)18)9(17)5-12(2,7-16)3-4-15/h6,9,15-17H,3-5,7H2,1-2H3,(H,13,18,19)/t9-,12-/m1/s1. The Kier molecular flexibility index (Phi) is 5.04. The Morgan fingerprint density at radius 2 is 2.05 bits per heavy atom. The maximum Gasteiger partial charge on any atom is 0.330 e. The molecule has 7 heteroatoms. The van der Waals surface area contributed by atoms with E-state index in [1.54, 1.807) is 6.92 Å². The fourth-order valence-electron chi connectivity index (χ4n) is 1.86. The third-order valence-electron chi connectivity index (χ3n) is 3.24. The molecule has 0 aliphatic carbocycles. The van der Waals surface area contributed by atoms with Gasteiger partial charge in [0.25, 0.3) is 5.56 Å². The zero-order valence-corrected chi connectivity index (χ0v) is 11.1. The van der Waals surface area contributed by atoms with E-state index in [2.05, 4.69) is 4.98 Å². The predicted octanol–water partition coefficient (Wildman–Crippen LogP) is -0.893. The van der Waals surface area contributed by atoms with Gasteiger partial charge in [0, 0.05) is 31.4 Å². The molecule has 7 nitrogen and oxygen atoms in total. The number of aryl methyl sites for hydroxylation is 1. The minimum atomic E-state index is -1.17. The third-order valence-corrected chi connectivity index (χ3v) is 3.24. The lowest BCUT2D eigenvalue weighted by atomic mass is 9.84. The Labute approximate surface area is 110 Å². The van der Waals surface area contributed by atoms with Crippen LogP contribution in [-0.4, -0.2) is 38.1 Å². The van der Waals surface area contributed by atoms with Crippen LogP contribution in [0, 0.1) is 12.3 Å². The maximum absolute atomic E-state index is 11.6. The Morgan fingerprint density at radius 3 is 2.58 bits per heavy atom. The molecule has 0 saturated heterocycles. The first-order chi connectivity index (χ1) is 8.83. The molecule has 19 heavy (non-hydrogen) atoms. The summed E-state index contributed by atoms with van der Waals surface area (Å²) in [6.45, 7) is 2.89. The first kappa shape index (κ1) is 15.6. The van der Waals surface area contributed by atoms with Crippen molar-refractivity contribution in [2.75, 3.05) is 13.2 Å². The number of aromatic nitrogens is 2. The highest BCUT2D eigenvalue weighted by Crippen LogP contribution is 2.29. The molecule has 0 saturated carbocycles. The van der Waals surface area contributed by atoms with Crippen molar-refractivity contribution < 1.29 is 15.3 Å². The lowest BCUT2D eigenvalue weighted by Gasteiger charge is -2.29. The molecule has 1 heterocycles. The molecule has 1 aromatic heterocycles. The lowest BCUT2D eigenvalue weighted by Crippen LogP contribution is -2.36. The van der Waals surface area contributed by atoms with E-state index in [-0.39, 0.29) is 19.6 Å². The van der Waals surface area contributed by atoms with Gasteiger partial charge in [0.15, 0.2) is 0 Å². The molecule has 2 atom stereocenters. The van der Waals surface area contributed by atoms with Crippen LogP contribution in [0.3, 0.4) is 0 Å². The summed E-state index contributed by atoms with van der Waals surface area (Å²) in [5.74, 6) is 0. The molecular weight excluding hydrogens is 252 g/mol. The van der Waals surface area contributed by atoms with Crippen LogP contribution in [0.4, 0.5) is 0 Å². The van der Waals surface area contributed by atoms with Crippen molar-refractivity contribution in [3.63, 3.8) is 0 Å². The smallest absolute Gasteiger partial charge is 0.330 e. The molecular formula is C12H20N2O5. The van der Waals surface area contributed by atoms with E-state index >= 15 is 0 Å².